The molecule has 2 nitrogen and oxygen atoms in total. The van der Waals surface area contributed by atoms with Crippen molar-refractivity contribution in [3.8, 4) is 11.8 Å². The van der Waals surface area contributed by atoms with Gasteiger partial charge in [0.2, 0.25) is 0 Å². The van der Waals surface area contributed by atoms with Gasteiger partial charge in [-0.2, -0.15) is 11.8 Å². The first-order valence-corrected chi connectivity index (χ1v) is 7.64. The highest BCUT2D eigenvalue weighted by atomic mass is 32.2. The van der Waals surface area contributed by atoms with Gasteiger partial charge in [0.1, 0.15) is 5.82 Å². The summed E-state index contributed by atoms with van der Waals surface area (Å²) in [6.45, 7) is 3.05. The largest absolute Gasteiger partial charge is 0.320 e. The predicted molar refractivity (Wildman–Crippen MR) is 81.6 cm³/mol. The van der Waals surface area contributed by atoms with Crippen LogP contribution in [0.25, 0.3) is 0 Å². The minimum atomic E-state index is -0.202. The zero-order chi connectivity index (χ0) is 14.3. The summed E-state index contributed by atoms with van der Waals surface area (Å²) in [7, 11) is 2.02. The van der Waals surface area contributed by atoms with Gasteiger partial charge >= 0.3 is 0 Å². The van der Waals surface area contributed by atoms with Gasteiger partial charge in [0.15, 0.2) is 0 Å². The van der Waals surface area contributed by atoms with Crippen molar-refractivity contribution >= 4 is 11.8 Å². The van der Waals surface area contributed by atoms with Crippen molar-refractivity contribution in [1.29, 1.82) is 0 Å². The predicted octanol–water partition coefficient (Wildman–Crippen LogP) is 2.32. The molecule has 0 fully saturated rings. The van der Waals surface area contributed by atoms with Crippen LogP contribution < -0.4 is 5.73 Å². The van der Waals surface area contributed by atoms with Crippen molar-refractivity contribution in [2.45, 2.75) is 19.5 Å². The second-order valence-electron chi connectivity index (χ2n) is 4.53. The molecule has 1 atom stereocenters. The van der Waals surface area contributed by atoms with Gasteiger partial charge < -0.3 is 5.73 Å². The molecule has 0 saturated carbocycles. The van der Waals surface area contributed by atoms with E-state index in [0.717, 1.165) is 5.75 Å². The molecular formula is C15H21FN2S. The van der Waals surface area contributed by atoms with Gasteiger partial charge in [-0.25, -0.2) is 4.39 Å². The van der Waals surface area contributed by atoms with E-state index in [9.17, 15) is 4.39 Å². The van der Waals surface area contributed by atoms with Crippen molar-refractivity contribution in [3.63, 3.8) is 0 Å². The molecule has 2 N–H and O–H groups in total. The van der Waals surface area contributed by atoms with Gasteiger partial charge in [-0.05, 0) is 32.4 Å². The Morgan fingerprint density at radius 2 is 2.21 bits per heavy atom. The van der Waals surface area contributed by atoms with Crippen LogP contribution in [0.1, 0.15) is 18.1 Å². The van der Waals surface area contributed by atoms with E-state index in [2.05, 4.69) is 29.9 Å². The van der Waals surface area contributed by atoms with Crippen molar-refractivity contribution < 1.29 is 4.39 Å². The van der Waals surface area contributed by atoms with E-state index < -0.39 is 0 Å². The van der Waals surface area contributed by atoms with E-state index in [1.807, 2.05) is 13.1 Å². The molecule has 0 aliphatic rings. The van der Waals surface area contributed by atoms with Gasteiger partial charge in [0.25, 0.3) is 0 Å². The van der Waals surface area contributed by atoms with Crippen LogP contribution in [0.15, 0.2) is 18.2 Å². The lowest BCUT2D eigenvalue weighted by molar-refractivity contribution is 0.266. The lowest BCUT2D eigenvalue weighted by atomic mass is 10.1. The Morgan fingerprint density at radius 3 is 2.79 bits per heavy atom. The number of benzene rings is 1. The van der Waals surface area contributed by atoms with E-state index in [0.29, 0.717) is 23.7 Å². The third kappa shape index (κ3) is 5.23. The van der Waals surface area contributed by atoms with Gasteiger partial charge in [-0.3, -0.25) is 4.90 Å². The molecule has 0 aromatic heterocycles. The summed E-state index contributed by atoms with van der Waals surface area (Å²) < 4.78 is 14.0. The van der Waals surface area contributed by atoms with Crippen LogP contribution in [-0.2, 0) is 6.54 Å². The summed E-state index contributed by atoms with van der Waals surface area (Å²) in [5.41, 5.74) is 6.67. The molecule has 1 aromatic carbocycles. The summed E-state index contributed by atoms with van der Waals surface area (Å²) in [4.78, 5) is 2.15. The first-order valence-electron chi connectivity index (χ1n) is 6.25. The number of hydrogen-bond donors (Lipinski definition) is 1. The lowest BCUT2D eigenvalue weighted by Gasteiger charge is -2.24. The number of nitrogens with zero attached hydrogens (tertiary/aromatic N) is 1. The number of hydrogen-bond acceptors (Lipinski definition) is 3. The quantitative estimate of drug-likeness (QED) is 0.839. The molecule has 104 valence electrons. The van der Waals surface area contributed by atoms with Gasteiger partial charge in [0.05, 0.1) is 6.54 Å². The van der Waals surface area contributed by atoms with Crippen LogP contribution in [0.2, 0.25) is 0 Å². The van der Waals surface area contributed by atoms with E-state index in [1.54, 1.807) is 17.8 Å². The van der Waals surface area contributed by atoms with Crippen LogP contribution in [0.4, 0.5) is 4.39 Å². The van der Waals surface area contributed by atoms with Crippen LogP contribution in [0.5, 0.6) is 0 Å². The highest BCUT2D eigenvalue weighted by Crippen LogP contribution is 2.14. The monoisotopic (exact) mass is 280 g/mol. The zero-order valence-electron chi connectivity index (χ0n) is 11.7. The number of halogens is 1. The smallest absolute Gasteiger partial charge is 0.128 e. The highest BCUT2D eigenvalue weighted by molar-refractivity contribution is 7.98. The van der Waals surface area contributed by atoms with Crippen LogP contribution in [0.3, 0.4) is 0 Å². The Labute approximate surface area is 119 Å². The minimum absolute atomic E-state index is 0.202. The fourth-order valence-electron chi connectivity index (χ4n) is 1.70. The Kier molecular flexibility index (Phi) is 6.93. The molecule has 0 aliphatic carbocycles. The molecule has 4 heteroatoms. The SMILES string of the molecule is CSCC(C)N(C)Cc1ccc(C#CCN)cc1F. The van der Waals surface area contributed by atoms with Crippen LogP contribution in [-0.4, -0.2) is 36.5 Å². The van der Waals surface area contributed by atoms with E-state index in [1.165, 1.54) is 6.07 Å². The second-order valence-corrected chi connectivity index (χ2v) is 5.44. The fourth-order valence-corrected chi connectivity index (χ4v) is 2.44. The van der Waals surface area contributed by atoms with Crippen LogP contribution in [0, 0.1) is 17.7 Å². The summed E-state index contributed by atoms with van der Waals surface area (Å²) in [5, 5.41) is 0. The standard InChI is InChI=1S/C15H21FN2S/c1-12(11-19-3)18(2)10-14-7-6-13(5-4-8-17)9-15(14)16/h6-7,9,12H,8,10-11,17H2,1-3H3. The molecule has 0 bridgehead atoms. The first-order chi connectivity index (χ1) is 9.08. The average molecular weight is 280 g/mol. The Hall–Kier alpha value is -1.02. The molecule has 0 heterocycles. The van der Waals surface area contributed by atoms with Gasteiger partial charge in [-0.1, -0.05) is 17.9 Å². The maximum Gasteiger partial charge on any atom is 0.128 e. The zero-order valence-corrected chi connectivity index (χ0v) is 12.6. The molecule has 0 radical (unpaired) electrons. The topological polar surface area (TPSA) is 29.3 Å². The van der Waals surface area contributed by atoms with Crippen LogP contribution >= 0.6 is 11.8 Å². The third-order valence-corrected chi connectivity index (χ3v) is 3.78. The average Bonchev–Trinajstić information content (AvgIpc) is 2.39. The molecule has 1 rings (SSSR count). The molecular weight excluding hydrogens is 259 g/mol. The molecule has 0 spiro atoms. The lowest BCUT2D eigenvalue weighted by Crippen LogP contribution is -2.30. The molecule has 0 saturated heterocycles. The first kappa shape index (κ1) is 16.0. The number of nitrogens with two attached hydrogens (primary N) is 1. The number of rotatable bonds is 5. The molecule has 0 aliphatic heterocycles. The summed E-state index contributed by atoms with van der Waals surface area (Å²) in [5.74, 6) is 6.40. The maximum absolute atomic E-state index is 14.0. The maximum atomic E-state index is 14.0. The van der Waals surface area contributed by atoms with E-state index in [-0.39, 0.29) is 12.4 Å². The Morgan fingerprint density at radius 1 is 1.47 bits per heavy atom. The van der Waals surface area contributed by atoms with Crippen molar-refractivity contribution in [1.82, 2.24) is 4.90 Å². The van der Waals surface area contributed by atoms with Crippen molar-refractivity contribution in [2.24, 2.45) is 5.73 Å². The number of thioether (sulfide) groups is 1. The fraction of sp³-hybridized carbons (Fsp3) is 0.467. The van der Waals surface area contributed by atoms with E-state index >= 15 is 0 Å². The molecule has 19 heavy (non-hydrogen) atoms. The Balaban J connectivity index is 2.74. The van der Waals surface area contributed by atoms with Gasteiger partial charge in [-0.15, -0.1) is 0 Å². The van der Waals surface area contributed by atoms with E-state index in [4.69, 9.17) is 5.73 Å². The molecule has 1 aromatic rings. The molecule has 1 unspecified atom stereocenters. The van der Waals surface area contributed by atoms with Crippen molar-refractivity contribution in [3.05, 3.63) is 35.1 Å². The highest BCUT2D eigenvalue weighted by Gasteiger charge is 2.11. The normalized spacial score (nSPS) is 12.1. The summed E-state index contributed by atoms with van der Waals surface area (Å²) >= 11 is 1.80. The second kappa shape index (κ2) is 8.21. The molecule has 0 amide bonds. The minimum Gasteiger partial charge on any atom is -0.320 e. The van der Waals surface area contributed by atoms with Crippen molar-refractivity contribution in [2.75, 3.05) is 25.6 Å². The summed E-state index contributed by atoms with van der Waals surface area (Å²) in [6.07, 6.45) is 2.08. The third-order valence-electron chi connectivity index (χ3n) is 2.97. The van der Waals surface area contributed by atoms with Gasteiger partial charge in [0, 0.05) is 29.5 Å². The Bertz CT molecular complexity index is 465. The summed E-state index contributed by atoms with van der Waals surface area (Å²) in [6, 6.07) is 5.54.